The number of ether oxygens (including phenoxy) is 2. The first-order valence-electron chi connectivity index (χ1n) is 6.23. The lowest BCUT2D eigenvalue weighted by Gasteiger charge is -2.22. The fourth-order valence-corrected chi connectivity index (χ4v) is 1.98. The maximum Gasteiger partial charge on any atom is 0.307 e. The minimum atomic E-state index is -0.804. The maximum atomic E-state index is 10.5. The maximum absolute atomic E-state index is 10.5. The standard InChI is InChI=1S/C14H18O4/c15-14(16)9-11-1-3-12(4-2-11)10-18-13-5-7-17-8-6-13/h1-4,13H,5-10H2,(H,15,16). The van der Waals surface area contributed by atoms with E-state index in [0.717, 1.165) is 37.2 Å². The Bertz CT molecular complexity index is 379. The van der Waals surface area contributed by atoms with E-state index in [1.165, 1.54) is 0 Å². The molecule has 1 fully saturated rings. The van der Waals surface area contributed by atoms with Crippen LogP contribution in [0.2, 0.25) is 0 Å². The summed E-state index contributed by atoms with van der Waals surface area (Å²) >= 11 is 0. The molecule has 0 atom stereocenters. The van der Waals surface area contributed by atoms with Crippen LogP contribution in [0.1, 0.15) is 24.0 Å². The van der Waals surface area contributed by atoms with Gasteiger partial charge in [-0.05, 0) is 24.0 Å². The largest absolute Gasteiger partial charge is 0.481 e. The highest BCUT2D eigenvalue weighted by molar-refractivity contribution is 5.70. The van der Waals surface area contributed by atoms with Crippen LogP contribution < -0.4 is 0 Å². The number of carboxylic acid groups (broad SMARTS) is 1. The van der Waals surface area contributed by atoms with Crippen LogP contribution >= 0.6 is 0 Å². The number of hydrogen-bond acceptors (Lipinski definition) is 3. The predicted octanol–water partition coefficient (Wildman–Crippen LogP) is 2.01. The molecule has 2 rings (SSSR count). The van der Waals surface area contributed by atoms with E-state index in [9.17, 15) is 4.79 Å². The third-order valence-corrected chi connectivity index (χ3v) is 3.03. The van der Waals surface area contributed by atoms with Crippen LogP contribution in [0, 0.1) is 0 Å². The average molecular weight is 250 g/mol. The van der Waals surface area contributed by atoms with E-state index in [2.05, 4.69) is 0 Å². The van der Waals surface area contributed by atoms with Crippen LogP contribution in [0.15, 0.2) is 24.3 Å². The van der Waals surface area contributed by atoms with Crippen LogP contribution in [0.5, 0.6) is 0 Å². The molecular formula is C14H18O4. The Morgan fingerprint density at radius 2 is 1.83 bits per heavy atom. The van der Waals surface area contributed by atoms with E-state index in [1.54, 1.807) is 0 Å². The minimum absolute atomic E-state index is 0.0705. The van der Waals surface area contributed by atoms with Crippen molar-refractivity contribution in [2.45, 2.75) is 32.0 Å². The first-order chi connectivity index (χ1) is 8.74. The molecule has 0 unspecified atom stereocenters. The third kappa shape index (κ3) is 4.13. The zero-order valence-corrected chi connectivity index (χ0v) is 10.3. The molecule has 4 heteroatoms. The third-order valence-electron chi connectivity index (χ3n) is 3.03. The molecule has 0 saturated carbocycles. The van der Waals surface area contributed by atoms with Crippen LogP contribution in [-0.2, 0) is 27.3 Å². The van der Waals surface area contributed by atoms with Gasteiger partial charge in [0.2, 0.25) is 0 Å². The summed E-state index contributed by atoms with van der Waals surface area (Å²) < 4.78 is 11.1. The van der Waals surface area contributed by atoms with Gasteiger partial charge in [0.05, 0.1) is 19.1 Å². The monoisotopic (exact) mass is 250 g/mol. The molecular weight excluding hydrogens is 232 g/mol. The summed E-state index contributed by atoms with van der Waals surface area (Å²) in [7, 11) is 0. The highest BCUT2D eigenvalue weighted by Gasteiger charge is 2.13. The van der Waals surface area contributed by atoms with Crippen LogP contribution in [-0.4, -0.2) is 30.4 Å². The quantitative estimate of drug-likeness (QED) is 0.868. The van der Waals surface area contributed by atoms with Gasteiger partial charge in [0.15, 0.2) is 0 Å². The first kappa shape index (κ1) is 13.1. The SMILES string of the molecule is O=C(O)Cc1ccc(COC2CCOCC2)cc1. The van der Waals surface area contributed by atoms with Crippen LogP contribution in [0.3, 0.4) is 0 Å². The van der Waals surface area contributed by atoms with Crippen LogP contribution in [0.25, 0.3) is 0 Å². The molecule has 0 bridgehead atoms. The summed E-state index contributed by atoms with van der Waals surface area (Å²) in [6.45, 7) is 2.14. The van der Waals surface area contributed by atoms with E-state index in [-0.39, 0.29) is 12.5 Å². The summed E-state index contributed by atoms with van der Waals surface area (Å²) in [6.07, 6.45) is 2.27. The van der Waals surface area contributed by atoms with Gasteiger partial charge in [0.1, 0.15) is 0 Å². The lowest BCUT2D eigenvalue weighted by molar-refractivity contribution is -0.136. The number of carbonyl (C=O) groups is 1. The molecule has 0 aliphatic carbocycles. The van der Waals surface area contributed by atoms with Crippen molar-refractivity contribution in [1.29, 1.82) is 0 Å². The van der Waals surface area contributed by atoms with Gasteiger partial charge >= 0.3 is 5.97 Å². The molecule has 1 heterocycles. The molecule has 0 aromatic heterocycles. The molecule has 0 spiro atoms. The normalized spacial score (nSPS) is 16.7. The first-order valence-corrected chi connectivity index (χ1v) is 6.23. The minimum Gasteiger partial charge on any atom is -0.481 e. The molecule has 4 nitrogen and oxygen atoms in total. The Morgan fingerprint density at radius 3 is 2.44 bits per heavy atom. The van der Waals surface area contributed by atoms with Gasteiger partial charge in [-0.2, -0.15) is 0 Å². The lowest BCUT2D eigenvalue weighted by Crippen LogP contribution is -2.23. The van der Waals surface area contributed by atoms with Gasteiger partial charge in [-0.15, -0.1) is 0 Å². The zero-order valence-electron chi connectivity index (χ0n) is 10.3. The highest BCUT2D eigenvalue weighted by Crippen LogP contribution is 2.14. The van der Waals surface area contributed by atoms with Crippen molar-refractivity contribution in [1.82, 2.24) is 0 Å². The number of aliphatic carboxylic acids is 1. The summed E-state index contributed by atoms with van der Waals surface area (Å²) in [4.78, 5) is 10.5. The Balaban J connectivity index is 1.80. The molecule has 98 valence electrons. The average Bonchev–Trinajstić information content (AvgIpc) is 2.38. The van der Waals surface area contributed by atoms with Crippen molar-refractivity contribution in [2.75, 3.05) is 13.2 Å². The van der Waals surface area contributed by atoms with E-state index in [0.29, 0.717) is 6.61 Å². The van der Waals surface area contributed by atoms with E-state index in [4.69, 9.17) is 14.6 Å². The summed E-state index contributed by atoms with van der Waals surface area (Å²) in [5, 5.41) is 8.67. The highest BCUT2D eigenvalue weighted by atomic mass is 16.5. The zero-order chi connectivity index (χ0) is 12.8. The number of hydrogen-bond donors (Lipinski definition) is 1. The number of rotatable bonds is 5. The second kappa shape index (κ2) is 6.52. The number of carboxylic acids is 1. The second-order valence-electron chi connectivity index (χ2n) is 4.51. The Morgan fingerprint density at radius 1 is 1.22 bits per heavy atom. The molecule has 1 aliphatic heterocycles. The van der Waals surface area contributed by atoms with Gasteiger partial charge in [0, 0.05) is 13.2 Å². The smallest absolute Gasteiger partial charge is 0.307 e. The number of benzene rings is 1. The molecule has 1 aromatic carbocycles. The van der Waals surface area contributed by atoms with Crippen molar-refractivity contribution in [3.63, 3.8) is 0 Å². The van der Waals surface area contributed by atoms with Crippen molar-refractivity contribution in [3.05, 3.63) is 35.4 Å². The van der Waals surface area contributed by atoms with Crippen molar-refractivity contribution in [3.8, 4) is 0 Å². The van der Waals surface area contributed by atoms with Gasteiger partial charge in [-0.25, -0.2) is 0 Å². The van der Waals surface area contributed by atoms with Crippen LogP contribution in [0.4, 0.5) is 0 Å². The lowest BCUT2D eigenvalue weighted by atomic mass is 10.1. The Kier molecular flexibility index (Phi) is 4.73. The summed E-state index contributed by atoms with van der Waals surface area (Å²) in [6, 6.07) is 7.54. The fourth-order valence-electron chi connectivity index (χ4n) is 1.98. The van der Waals surface area contributed by atoms with Crippen molar-refractivity contribution < 1.29 is 19.4 Å². The fraction of sp³-hybridized carbons (Fsp3) is 0.500. The van der Waals surface area contributed by atoms with Gasteiger partial charge in [-0.3, -0.25) is 4.79 Å². The molecule has 1 aliphatic rings. The van der Waals surface area contributed by atoms with Gasteiger partial charge < -0.3 is 14.6 Å². The Hall–Kier alpha value is -1.39. The molecule has 0 radical (unpaired) electrons. The van der Waals surface area contributed by atoms with E-state index in [1.807, 2.05) is 24.3 Å². The molecule has 1 N–H and O–H groups in total. The van der Waals surface area contributed by atoms with Crippen molar-refractivity contribution >= 4 is 5.97 Å². The topological polar surface area (TPSA) is 55.8 Å². The van der Waals surface area contributed by atoms with Crippen molar-refractivity contribution in [2.24, 2.45) is 0 Å². The van der Waals surface area contributed by atoms with E-state index < -0.39 is 5.97 Å². The molecule has 1 saturated heterocycles. The van der Waals surface area contributed by atoms with Gasteiger partial charge in [0.25, 0.3) is 0 Å². The van der Waals surface area contributed by atoms with E-state index >= 15 is 0 Å². The second-order valence-corrected chi connectivity index (χ2v) is 4.51. The summed E-state index contributed by atoms with van der Waals surface area (Å²) in [5.41, 5.74) is 1.90. The predicted molar refractivity (Wildman–Crippen MR) is 66.4 cm³/mol. The summed E-state index contributed by atoms with van der Waals surface area (Å²) in [5.74, 6) is -0.804. The molecule has 1 aromatic rings. The molecule has 18 heavy (non-hydrogen) atoms. The molecule has 0 amide bonds. The van der Waals surface area contributed by atoms with Gasteiger partial charge in [-0.1, -0.05) is 24.3 Å². The Labute approximate surface area is 107 Å².